The number of aromatic nitrogens is 1. The first-order chi connectivity index (χ1) is 12.6. The summed E-state index contributed by atoms with van der Waals surface area (Å²) >= 11 is 5.83. The van der Waals surface area contributed by atoms with Crippen LogP contribution in [-0.4, -0.2) is 42.4 Å². The Bertz CT molecular complexity index is 891. The van der Waals surface area contributed by atoms with Crippen molar-refractivity contribution in [1.29, 1.82) is 0 Å². The fourth-order valence-corrected chi connectivity index (χ4v) is 2.52. The minimum Gasteiger partial charge on any atom is -0.491 e. The Kier molecular flexibility index (Phi) is 6.17. The average molecular weight is 378 g/mol. The number of benzene rings is 2. The van der Waals surface area contributed by atoms with E-state index < -0.39 is 11.9 Å². The van der Waals surface area contributed by atoms with E-state index in [0.29, 0.717) is 35.0 Å². The largest absolute Gasteiger partial charge is 0.491 e. The van der Waals surface area contributed by atoms with E-state index in [4.69, 9.17) is 20.8 Å². The lowest BCUT2D eigenvalue weighted by atomic mass is 10.3. The summed E-state index contributed by atoms with van der Waals surface area (Å²) in [5.74, 6) is 0.0253. The quantitative estimate of drug-likeness (QED) is 0.427. The Morgan fingerprint density at radius 2 is 2.00 bits per heavy atom. The molecule has 0 aliphatic rings. The van der Waals surface area contributed by atoms with Crippen molar-refractivity contribution in [1.82, 2.24) is 10.3 Å². The van der Waals surface area contributed by atoms with Gasteiger partial charge in [0.1, 0.15) is 18.5 Å². The molecule has 0 saturated carbocycles. The van der Waals surface area contributed by atoms with E-state index >= 15 is 0 Å². The van der Waals surface area contributed by atoms with Crippen molar-refractivity contribution in [3.63, 3.8) is 0 Å². The number of rotatable bonds is 9. The molecule has 2 aromatic carbocycles. The van der Waals surface area contributed by atoms with Gasteiger partial charge in [0, 0.05) is 36.4 Å². The van der Waals surface area contributed by atoms with Gasteiger partial charge in [-0.2, -0.15) is 0 Å². The zero-order chi connectivity index (χ0) is 18.4. The molecule has 0 unspecified atom stereocenters. The number of aromatic amines is 1. The highest BCUT2D eigenvalue weighted by Crippen LogP contribution is 2.18. The first kappa shape index (κ1) is 18.3. The van der Waals surface area contributed by atoms with Crippen LogP contribution in [0.15, 0.2) is 51.7 Å². The number of halogens is 1. The van der Waals surface area contributed by atoms with Gasteiger partial charge in [-0.15, -0.1) is 0 Å². The van der Waals surface area contributed by atoms with Gasteiger partial charge in [0.25, 0.3) is 0 Å². The Morgan fingerprint density at radius 1 is 1.19 bits per heavy atom. The second-order valence-corrected chi connectivity index (χ2v) is 6.21. The lowest BCUT2D eigenvalue weighted by Gasteiger charge is -2.13. The van der Waals surface area contributed by atoms with Crippen LogP contribution in [0.3, 0.4) is 0 Å². The fraction of sp³-hybridized carbons (Fsp3) is 0.278. The minimum atomic E-state index is -0.653. The fourth-order valence-electron chi connectivity index (χ4n) is 2.40. The number of nitrogens with one attached hydrogen (secondary N) is 3. The molecule has 4 N–H and O–H groups in total. The molecule has 138 valence electrons. The number of aliphatic hydroxyl groups is 1. The number of anilines is 1. The summed E-state index contributed by atoms with van der Waals surface area (Å²) in [5, 5.41) is 17.1. The third-order valence-corrected chi connectivity index (χ3v) is 3.94. The summed E-state index contributed by atoms with van der Waals surface area (Å²) in [6.45, 7) is 1.96. The van der Waals surface area contributed by atoms with Gasteiger partial charge in [0.05, 0.1) is 5.52 Å². The first-order valence-electron chi connectivity index (χ1n) is 8.24. The predicted octanol–water partition coefficient (Wildman–Crippen LogP) is 2.22. The Balaban J connectivity index is 1.33. The van der Waals surface area contributed by atoms with Crippen LogP contribution in [0, 0.1) is 0 Å². The number of fused-ring (bicyclic) bond motifs is 1. The second kappa shape index (κ2) is 8.75. The molecule has 0 fully saturated rings. The topological polar surface area (TPSA) is 99.5 Å². The van der Waals surface area contributed by atoms with Crippen molar-refractivity contribution in [3.8, 4) is 5.75 Å². The molecular formula is C18H20ClN3O4. The van der Waals surface area contributed by atoms with Gasteiger partial charge >= 0.3 is 5.76 Å². The molecule has 1 atom stereocenters. The summed E-state index contributed by atoms with van der Waals surface area (Å²) < 4.78 is 10.5. The van der Waals surface area contributed by atoms with Crippen molar-refractivity contribution >= 4 is 28.4 Å². The van der Waals surface area contributed by atoms with Gasteiger partial charge in [-0.3, -0.25) is 4.98 Å². The van der Waals surface area contributed by atoms with Gasteiger partial charge in [-0.25, -0.2) is 4.79 Å². The normalized spacial score (nSPS) is 12.2. The first-order valence-corrected chi connectivity index (χ1v) is 8.62. The van der Waals surface area contributed by atoms with Crippen molar-refractivity contribution < 1.29 is 14.3 Å². The Hall–Kier alpha value is -2.48. The Labute approximate surface area is 154 Å². The number of H-pyrrole nitrogens is 1. The van der Waals surface area contributed by atoms with Crippen molar-refractivity contribution in [2.45, 2.75) is 6.10 Å². The molecule has 0 amide bonds. The predicted molar refractivity (Wildman–Crippen MR) is 101 cm³/mol. The highest BCUT2D eigenvalue weighted by atomic mass is 35.5. The zero-order valence-electron chi connectivity index (χ0n) is 14.0. The standard InChI is InChI=1S/C18H20ClN3O4/c19-12-1-3-13(4-2-12)21-8-7-20-10-14(23)11-25-15-5-6-16-17(9-15)26-18(24)22-16/h1-6,9,14,20-21,23H,7-8,10-11H2,(H,22,24)/t14-/m1/s1. The smallest absolute Gasteiger partial charge is 0.417 e. The molecule has 0 aliphatic carbocycles. The van der Waals surface area contributed by atoms with Crippen LogP contribution in [0.4, 0.5) is 5.69 Å². The molecule has 1 heterocycles. The SMILES string of the molecule is O=c1[nH]c2ccc(OC[C@H](O)CNCCNc3ccc(Cl)cc3)cc2o1. The van der Waals surface area contributed by atoms with E-state index in [2.05, 4.69) is 15.6 Å². The number of hydrogen-bond acceptors (Lipinski definition) is 6. The summed E-state index contributed by atoms with van der Waals surface area (Å²) in [7, 11) is 0. The number of aliphatic hydroxyl groups excluding tert-OH is 1. The van der Waals surface area contributed by atoms with Crippen LogP contribution in [-0.2, 0) is 0 Å². The molecule has 3 aromatic rings. The van der Waals surface area contributed by atoms with E-state index in [1.165, 1.54) is 0 Å². The number of oxazole rings is 1. The second-order valence-electron chi connectivity index (χ2n) is 5.78. The number of ether oxygens (including phenoxy) is 1. The van der Waals surface area contributed by atoms with Gasteiger partial charge in [-0.1, -0.05) is 11.6 Å². The minimum absolute atomic E-state index is 0.137. The highest BCUT2D eigenvalue weighted by molar-refractivity contribution is 6.30. The maximum Gasteiger partial charge on any atom is 0.417 e. The summed E-state index contributed by atoms with van der Waals surface area (Å²) in [6.07, 6.45) is -0.653. The maximum atomic E-state index is 11.1. The average Bonchev–Trinajstić information content (AvgIpc) is 3.00. The third kappa shape index (κ3) is 5.26. The van der Waals surface area contributed by atoms with Crippen LogP contribution < -0.4 is 21.1 Å². The summed E-state index contributed by atoms with van der Waals surface area (Å²) in [4.78, 5) is 13.7. The molecule has 1 aromatic heterocycles. The number of hydrogen-bond donors (Lipinski definition) is 4. The summed E-state index contributed by atoms with van der Waals surface area (Å²) in [6, 6.07) is 12.5. The molecule has 0 bridgehead atoms. The van der Waals surface area contributed by atoms with Crippen LogP contribution in [0.25, 0.3) is 11.1 Å². The van der Waals surface area contributed by atoms with Gasteiger partial charge in [-0.05, 0) is 36.4 Å². The van der Waals surface area contributed by atoms with Crippen LogP contribution in [0.2, 0.25) is 5.02 Å². The lowest BCUT2D eigenvalue weighted by molar-refractivity contribution is 0.107. The van der Waals surface area contributed by atoms with Crippen LogP contribution in [0.1, 0.15) is 0 Å². The van der Waals surface area contributed by atoms with Gasteiger partial charge in [0.15, 0.2) is 5.58 Å². The maximum absolute atomic E-state index is 11.1. The van der Waals surface area contributed by atoms with Crippen molar-refractivity contribution in [2.75, 3.05) is 31.6 Å². The molecule has 0 spiro atoms. The highest BCUT2D eigenvalue weighted by Gasteiger charge is 2.07. The van der Waals surface area contributed by atoms with Crippen LogP contribution in [0.5, 0.6) is 5.75 Å². The van der Waals surface area contributed by atoms with E-state index in [0.717, 1.165) is 12.2 Å². The zero-order valence-corrected chi connectivity index (χ0v) is 14.8. The van der Waals surface area contributed by atoms with E-state index in [1.807, 2.05) is 24.3 Å². The molecule has 26 heavy (non-hydrogen) atoms. The molecule has 0 saturated heterocycles. The molecule has 0 aliphatic heterocycles. The Morgan fingerprint density at radius 3 is 2.81 bits per heavy atom. The lowest BCUT2D eigenvalue weighted by Crippen LogP contribution is -2.34. The monoisotopic (exact) mass is 377 g/mol. The molecule has 7 nitrogen and oxygen atoms in total. The van der Waals surface area contributed by atoms with Crippen molar-refractivity contribution in [3.05, 3.63) is 58.0 Å². The molecule has 3 rings (SSSR count). The third-order valence-electron chi connectivity index (χ3n) is 3.69. The van der Waals surface area contributed by atoms with E-state index in [1.54, 1.807) is 18.2 Å². The van der Waals surface area contributed by atoms with Gasteiger partial charge in [0.2, 0.25) is 0 Å². The molecule has 0 radical (unpaired) electrons. The van der Waals surface area contributed by atoms with E-state index in [9.17, 15) is 9.90 Å². The van der Waals surface area contributed by atoms with Crippen molar-refractivity contribution in [2.24, 2.45) is 0 Å². The summed E-state index contributed by atoms with van der Waals surface area (Å²) in [5.41, 5.74) is 2.03. The van der Waals surface area contributed by atoms with E-state index in [-0.39, 0.29) is 6.61 Å². The molecular weight excluding hydrogens is 358 g/mol. The molecule has 8 heteroatoms. The van der Waals surface area contributed by atoms with Gasteiger partial charge < -0.3 is 24.9 Å². The van der Waals surface area contributed by atoms with Crippen LogP contribution >= 0.6 is 11.6 Å².